The van der Waals surface area contributed by atoms with Crippen molar-refractivity contribution < 1.29 is 0 Å². The molecule has 0 aromatic carbocycles. The van der Waals surface area contributed by atoms with Crippen molar-refractivity contribution in [3.05, 3.63) is 53.9 Å². The molecule has 3 rings (SSSR count). The van der Waals surface area contributed by atoms with Crippen molar-refractivity contribution in [1.29, 1.82) is 0 Å². The Morgan fingerprint density at radius 2 is 2.06 bits per heavy atom. The summed E-state index contributed by atoms with van der Waals surface area (Å²) in [6.45, 7) is 0. The van der Waals surface area contributed by atoms with Crippen LogP contribution in [0.25, 0.3) is 16.8 Å². The maximum absolute atomic E-state index is 4.63. The van der Waals surface area contributed by atoms with Crippen LogP contribution >= 0.6 is 0 Å². The fraction of sp³-hybridized carbons (Fsp3) is 0.231. The Labute approximate surface area is 106 Å². The third-order valence-corrected chi connectivity index (χ3v) is 2.84. The summed E-state index contributed by atoms with van der Waals surface area (Å²) < 4.78 is 1.78. The van der Waals surface area contributed by atoms with Gasteiger partial charge in [-0.2, -0.15) is 5.10 Å². The number of hydrogen-bond donors (Lipinski definition) is 0. The lowest BCUT2D eigenvalue weighted by atomic mass is 10.1. The second kappa shape index (κ2) is 4.27. The molecule has 0 saturated carbocycles. The molecule has 1 aliphatic rings. The van der Waals surface area contributed by atoms with Gasteiger partial charge in [0.15, 0.2) is 0 Å². The second-order valence-corrected chi connectivity index (χ2v) is 4.30. The van der Waals surface area contributed by atoms with E-state index in [-0.39, 0.29) is 6.04 Å². The molecule has 3 heterocycles. The second-order valence-electron chi connectivity index (χ2n) is 4.30. The standard InChI is InChI=1S/C13H14N5/c1-17-8-6-12(15-17)10-4-3-5-11(14-10)13-7-9-18(2)16-13/h3-9,12H,1-2H3/q-1. The zero-order valence-electron chi connectivity index (χ0n) is 10.4. The average molecular weight is 240 g/mol. The highest BCUT2D eigenvalue weighted by molar-refractivity contribution is 5.53. The van der Waals surface area contributed by atoms with Gasteiger partial charge in [0.25, 0.3) is 0 Å². The predicted molar refractivity (Wildman–Crippen MR) is 69.4 cm³/mol. The van der Waals surface area contributed by atoms with Crippen LogP contribution in [0.4, 0.5) is 0 Å². The molecule has 2 aromatic heterocycles. The van der Waals surface area contributed by atoms with Crippen LogP contribution in [0.3, 0.4) is 0 Å². The van der Waals surface area contributed by atoms with Gasteiger partial charge in [-0.1, -0.05) is 18.2 Å². The number of hydrogen-bond acceptors (Lipinski definition) is 3. The lowest BCUT2D eigenvalue weighted by Crippen LogP contribution is -2.02. The summed E-state index contributed by atoms with van der Waals surface area (Å²) in [5, 5.41) is 6.16. The Balaban J connectivity index is 1.92. The van der Waals surface area contributed by atoms with Crippen molar-refractivity contribution in [1.82, 2.24) is 19.8 Å². The Morgan fingerprint density at radius 3 is 2.72 bits per heavy atom. The highest BCUT2D eigenvalue weighted by atomic mass is 15.5. The number of pyridine rings is 1. The predicted octanol–water partition coefficient (Wildman–Crippen LogP) is 2.27. The molecule has 1 unspecified atom stereocenters. The quantitative estimate of drug-likeness (QED) is 0.809. The van der Waals surface area contributed by atoms with Crippen molar-refractivity contribution in [2.45, 2.75) is 6.04 Å². The summed E-state index contributed by atoms with van der Waals surface area (Å²) in [4.78, 5) is 4.63. The van der Waals surface area contributed by atoms with Crippen LogP contribution in [-0.2, 0) is 7.05 Å². The van der Waals surface area contributed by atoms with Gasteiger partial charge in [-0.3, -0.25) is 9.67 Å². The Hall–Kier alpha value is -2.14. The molecule has 2 aromatic rings. The zero-order valence-corrected chi connectivity index (χ0v) is 10.4. The van der Waals surface area contributed by atoms with E-state index in [2.05, 4.69) is 15.5 Å². The molecule has 0 fully saturated rings. The fourth-order valence-electron chi connectivity index (χ4n) is 1.95. The van der Waals surface area contributed by atoms with Crippen molar-refractivity contribution in [3.63, 3.8) is 0 Å². The van der Waals surface area contributed by atoms with Gasteiger partial charge < -0.3 is 10.4 Å². The van der Waals surface area contributed by atoms with E-state index in [0.717, 1.165) is 17.1 Å². The Bertz CT molecular complexity index is 587. The normalized spacial score (nSPS) is 18.6. The van der Waals surface area contributed by atoms with Gasteiger partial charge in [-0.25, -0.2) is 0 Å². The number of rotatable bonds is 2. The molecule has 1 aliphatic heterocycles. The van der Waals surface area contributed by atoms with Gasteiger partial charge in [0, 0.05) is 18.9 Å². The van der Waals surface area contributed by atoms with E-state index in [9.17, 15) is 0 Å². The Kier molecular flexibility index (Phi) is 2.60. The Morgan fingerprint density at radius 1 is 1.17 bits per heavy atom. The molecule has 1 atom stereocenters. The van der Waals surface area contributed by atoms with Crippen LogP contribution in [0.15, 0.2) is 42.7 Å². The summed E-state index contributed by atoms with van der Waals surface area (Å²) in [5.74, 6) is 0. The van der Waals surface area contributed by atoms with Crippen molar-refractivity contribution in [3.8, 4) is 11.4 Å². The fourth-order valence-corrected chi connectivity index (χ4v) is 1.95. The summed E-state index contributed by atoms with van der Waals surface area (Å²) >= 11 is 0. The first-order valence-corrected chi connectivity index (χ1v) is 5.81. The first-order valence-electron chi connectivity index (χ1n) is 5.81. The SMILES string of the molecule is CN1C=CC(c2cccc(-c3ccn(C)n3)n2)[N-]1. The molecule has 0 amide bonds. The zero-order chi connectivity index (χ0) is 12.5. The molecule has 18 heavy (non-hydrogen) atoms. The third-order valence-electron chi connectivity index (χ3n) is 2.84. The molecule has 92 valence electrons. The summed E-state index contributed by atoms with van der Waals surface area (Å²) in [6, 6.07) is 7.92. The summed E-state index contributed by atoms with van der Waals surface area (Å²) in [7, 11) is 3.82. The summed E-state index contributed by atoms with van der Waals surface area (Å²) in [5.41, 5.74) is 7.14. The van der Waals surface area contributed by atoms with Crippen LogP contribution in [0.1, 0.15) is 11.7 Å². The van der Waals surface area contributed by atoms with E-state index in [1.54, 1.807) is 9.69 Å². The van der Waals surface area contributed by atoms with Gasteiger partial charge in [0.05, 0.1) is 5.69 Å². The van der Waals surface area contributed by atoms with E-state index >= 15 is 0 Å². The molecule has 0 bridgehead atoms. The van der Waals surface area contributed by atoms with Gasteiger partial charge in [0.1, 0.15) is 5.69 Å². The van der Waals surface area contributed by atoms with Crippen LogP contribution in [-0.4, -0.2) is 26.8 Å². The van der Waals surface area contributed by atoms with Gasteiger partial charge in [0.2, 0.25) is 0 Å². The maximum Gasteiger partial charge on any atom is 0.111 e. The molecule has 0 aliphatic carbocycles. The molecule has 0 spiro atoms. The smallest absolute Gasteiger partial charge is 0.111 e. The lowest BCUT2D eigenvalue weighted by molar-refractivity contribution is 0.573. The van der Waals surface area contributed by atoms with Crippen LogP contribution in [0.2, 0.25) is 0 Å². The molecule has 0 saturated heterocycles. The van der Waals surface area contributed by atoms with Crippen molar-refractivity contribution in [2.24, 2.45) is 7.05 Å². The molecular formula is C13H14N5-. The first kappa shape index (κ1) is 11.0. The van der Waals surface area contributed by atoms with Crippen LogP contribution < -0.4 is 0 Å². The monoisotopic (exact) mass is 240 g/mol. The lowest BCUT2D eigenvalue weighted by Gasteiger charge is -2.30. The van der Waals surface area contributed by atoms with E-state index in [1.807, 2.05) is 56.8 Å². The summed E-state index contributed by atoms with van der Waals surface area (Å²) in [6.07, 6.45) is 5.89. The first-order chi connectivity index (χ1) is 8.72. The minimum atomic E-state index is 0.0127. The van der Waals surface area contributed by atoms with Crippen LogP contribution in [0.5, 0.6) is 0 Å². The topological polar surface area (TPSA) is 48.1 Å². The molecule has 0 radical (unpaired) electrons. The molecular weight excluding hydrogens is 226 g/mol. The van der Waals surface area contributed by atoms with Gasteiger partial charge in [-0.15, -0.1) is 0 Å². The molecule has 5 nitrogen and oxygen atoms in total. The van der Waals surface area contributed by atoms with Crippen molar-refractivity contribution >= 4 is 0 Å². The minimum Gasteiger partial charge on any atom is -0.558 e. The largest absolute Gasteiger partial charge is 0.558 e. The maximum atomic E-state index is 4.63. The molecule has 5 heteroatoms. The van der Waals surface area contributed by atoms with Gasteiger partial charge >= 0.3 is 0 Å². The van der Waals surface area contributed by atoms with Crippen molar-refractivity contribution in [2.75, 3.05) is 7.05 Å². The highest BCUT2D eigenvalue weighted by Crippen LogP contribution is 2.29. The van der Waals surface area contributed by atoms with E-state index in [0.29, 0.717) is 0 Å². The van der Waals surface area contributed by atoms with E-state index in [4.69, 9.17) is 0 Å². The number of aryl methyl sites for hydroxylation is 1. The average Bonchev–Trinajstić information content (AvgIpc) is 2.98. The van der Waals surface area contributed by atoms with Crippen LogP contribution in [0, 0.1) is 0 Å². The van der Waals surface area contributed by atoms with Gasteiger partial charge in [-0.05, 0) is 31.4 Å². The minimum absolute atomic E-state index is 0.0127. The van der Waals surface area contributed by atoms with E-state index in [1.165, 1.54) is 0 Å². The molecule has 0 N–H and O–H groups in total. The number of aromatic nitrogens is 3. The highest BCUT2D eigenvalue weighted by Gasteiger charge is 2.08. The number of nitrogens with zero attached hydrogens (tertiary/aromatic N) is 5. The van der Waals surface area contributed by atoms with E-state index < -0.39 is 0 Å². The third kappa shape index (κ3) is 2.00.